The second-order valence-electron chi connectivity index (χ2n) is 3.37. The lowest BCUT2D eigenvalue weighted by atomic mass is 10.0. The molecule has 16 heavy (non-hydrogen) atoms. The first-order chi connectivity index (χ1) is 7.72. The molecule has 0 aliphatic carbocycles. The molecule has 0 aliphatic rings. The normalized spacial score (nSPS) is 10.1. The Bertz CT molecular complexity index is 492. The van der Waals surface area contributed by atoms with Gasteiger partial charge in [-0.3, -0.25) is 0 Å². The molecule has 1 N–H and O–H groups in total. The van der Waals surface area contributed by atoms with Gasteiger partial charge < -0.3 is 9.84 Å². The molecule has 0 atom stereocenters. The van der Waals surface area contributed by atoms with Crippen LogP contribution < -0.4 is 4.74 Å². The summed E-state index contributed by atoms with van der Waals surface area (Å²) in [5.41, 5.74) is 1.16. The number of rotatable bonds is 2. The van der Waals surface area contributed by atoms with E-state index in [9.17, 15) is 4.39 Å². The van der Waals surface area contributed by atoms with Crippen LogP contribution >= 0.6 is 0 Å². The SMILES string of the molecule is COc1cccc(-c2ccc(O)cc2)c1F. The lowest BCUT2D eigenvalue weighted by Crippen LogP contribution is -1.90. The van der Waals surface area contributed by atoms with Gasteiger partial charge in [-0.05, 0) is 23.8 Å². The predicted molar refractivity (Wildman–Crippen MR) is 60.1 cm³/mol. The summed E-state index contributed by atoms with van der Waals surface area (Å²) in [5, 5.41) is 9.16. The van der Waals surface area contributed by atoms with Gasteiger partial charge in [-0.2, -0.15) is 0 Å². The largest absolute Gasteiger partial charge is 0.508 e. The molecule has 0 bridgehead atoms. The average Bonchev–Trinajstić information content (AvgIpc) is 2.31. The summed E-state index contributed by atoms with van der Waals surface area (Å²) in [6.45, 7) is 0. The van der Waals surface area contributed by atoms with Crippen LogP contribution in [0.2, 0.25) is 0 Å². The molecule has 2 aromatic carbocycles. The molecule has 0 saturated carbocycles. The minimum atomic E-state index is -0.393. The number of benzene rings is 2. The highest BCUT2D eigenvalue weighted by atomic mass is 19.1. The third kappa shape index (κ3) is 1.84. The van der Waals surface area contributed by atoms with Crippen molar-refractivity contribution in [2.24, 2.45) is 0 Å². The van der Waals surface area contributed by atoms with E-state index in [2.05, 4.69) is 0 Å². The minimum Gasteiger partial charge on any atom is -0.508 e. The number of methoxy groups -OCH3 is 1. The second-order valence-corrected chi connectivity index (χ2v) is 3.37. The van der Waals surface area contributed by atoms with Gasteiger partial charge in [-0.25, -0.2) is 4.39 Å². The maximum absolute atomic E-state index is 13.9. The zero-order valence-corrected chi connectivity index (χ0v) is 8.77. The fourth-order valence-corrected chi connectivity index (χ4v) is 1.53. The van der Waals surface area contributed by atoms with Gasteiger partial charge in [-0.1, -0.05) is 24.3 Å². The van der Waals surface area contributed by atoms with Gasteiger partial charge in [0, 0.05) is 5.56 Å². The summed E-state index contributed by atoms with van der Waals surface area (Å²) >= 11 is 0. The van der Waals surface area contributed by atoms with Crippen molar-refractivity contribution in [2.45, 2.75) is 0 Å². The molecule has 0 heterocycles. The van der Waals surface area contributed by atoms with Crippen LogP contribution in [0.4, 0.5) is 4.39 Å². The molecule has 0 aromatic heterocycles. The fraction of sp³-hybridized carbons (Fsp3) is 0.0769. The van der Waals surface area contributed by atoms with Crippen molar-refractivity contribution < 1.29 is 14.2 Å². The average molecular weight is 218 g/mol. The standard InChI is InChI=1S/C13H11FO2/c1-16-12-4-2-3-11(13(12)14)9-5-7-10(15)8-6-9/h2-8,15H,1H3. The molecule has 0 fully saturated rings. The van der Waals surface area contributed by atoms with Crippen LogP contribution in [0, 0.1) is 5.82 Å². The number of ether oxygens (including phenoxy) is 1. The van der Waals surface area contributed by atoms with Gasteiger partial charge in [-0.15, -0.1) is 0 Å². The van der Waals surface area contributed by atoms with Gasteiger partial charge >= 0.3 is 0 Å². The number of hydrogen-bond donors (Lipinski definition) is 1. The minimum absolute atomic E-state index is 0.159. The highest BCUT2D eigenvalue weighted by Gasteiger charge is 2.09. The first-order valence-electron chi connectivity index (χ1n) is 4.84. The molecule has 0 saturated heterocycles. The van der Waals surface area contributed by atoms with Crippen molar-refractivity contribution in [3.05, 3.63) is 48.3 Å². The molecule has 2 aromatic rings. The first-order valence-corrected chi connectivity index (χ1v) is 4.84. The molecule has 82 valence electrons. The number of halogens is 1. The summed E-state index contributed by atoms with van der Waals surface area (Å²) in [6, 6.07) is 11.3. The Morgan fingerprint density at radius 1 is 1.06 bits per heavy atom. The Balaban J connectivity index is 2.51. The monoisotopic (exact) mass is 218 g/mol. The Morgan fingerprint density at radius 2 is 1.75 bits per heavy atom. The number of hydrogen-bond acceptors (Lipinski definition) is 2. The Hall–Kier alpha value is -2.03. The lowest BCUT2D eigenvalue weighted by molar-refractivity contribution is 0.387. The molecule has 0 radical (unpaired) electrons. The number of phenols is 1. The molecule has 0 amide bonds. The van der Waals surface area contributed by atoms with E-state index in [-0.39, 0.29) is 11.5 Å². The van der Waals surface area contributed by atoms with Crippen LogP contribution in [0.3, 0.4) is 0 Å². The summed E-state index contributed by atoms with van der Waals surface area (Å²) in [7, 11) is 1.43. The highest BCUT2D eigenvalue weighted by Crippen LogP contribution is 2.29. The van der Waals surface area contributed by atoms with Crippen LogP contribution in [0.25, 0.3) is 11.1 Å². The maximum atomic E-state index is 13.9. The summed E-state index contributed by atoms with van der Waals surface area (Å²) in [6.07, 6.45) is 0. The topological polar surface area (TPSA) is 29.5 Å². The van der Waals surface area contributed by atoms with Crippen molar-refractivity contribution in [1.29, 1.82) is 0 Å². The molecule has 0 aliphatic heterocycles. The van der Waals surface area contributed by atoms with Crippen molar-refractivity contribution in [3.63, 3.8) is 0 Å². The quantitative estimate of drug-likeness (QED) is 0.838. The molecule has 2 rings (SSSR count). The van der Waals surface area contributed by atoms with E-state index in [1.807, 2.05) is 0 Å². The van der Waals surface area contributed by atoms with Crippen molar-refractivity contribution in [3.8, 4) is 22.6 Å². The van der Waals surface area contributed by atoms with Crippen molar-refractivity contribution in [1.82, 2.24) is 0 Å². The maximum Gasteiger partial charge on any atom is 0.172 e. The van der Waals surface area contributed by atoms with E-state index in [1.165, 1.54) is 19.2 Å². The van der Waals surface area contributed by atoms with Gasteiger partial charge in [0.05, 0.1) is 7.11 Å². The van der Waals surface area contributed by atoms with E-state index < -0.39 is 5.82 Å². The third-order valence-corrected chi connectivity index (χ3v) is 2.36. The van der Waals surface area contributed by atoms with Gasteiger partial charge in [0.1, 0.15) is 5.75 Å². The molecular weight excluding hydrogens is 207 g/mol. The Labute approximate surface area is 92.9 Å². The number of aromatic hydroxyl groups is 1. The van der Waals surface area contributed by atoms with Crippen LogP contribution in [-0.2, 0) is 0 Å². The first kappa shape index (κ1) is 10.5. The molecule has 2 nitrogen and oxygen atoms in total. The van der Waals surface area contributed by atoms with E-state index in [0.717, 1.165) is 0 Å². The van der Waals surface area contributed by atoms with Gasteiger partial charge in [0.25, 0.3) is 0 Å². The lowest BCUT2D eigenvalue weighted by Gasteiger charge is -2.07. The predicted octanol–water partition coefficient (Wildman–Crippen LogP) is 3.21. The summed E-state index contributed by atoms with van der Waals surface area (Å²) in [5.74, 6) is -0.0201. The van der Waals surface area contributed by atoms with Crippen molar-refractivity contribution >= 4 is 0 Å². The number of phenolic OH excluding ortho intramolecular Hbond substituents is 1. The molecule has 0 unspecified atom stereocenters. The summed E-state index contributed by atoms with van der Waals surface area (Å²) in [4.78, 5) is 0. The van der Waals surface area contributed by atoms with Crippen LogP contribution in [0.1, 0.15) is 0 Å². The van der Waals surface area contributed by atoms with E-state index in [0.29, 0.717) is 11.1 Å². The molecular formula is C13H11FO2. The van der Waals surface area contributed by atoms with Crippen LogP contribution in [-0.4, -0.2) is 12.2 Å². The van der Waals surface area contributed by atoms with Crippen LogP contribution in [0.5, 0.6) is 11.5 Å². The zero-order valence-electron chi connectivity index (χ0n) is 8.77. The van der Waals surface area contributed by atoms with E-state index in [4.69, 9.17) is 9.84 Å². The molecule has 0 spiro atoms. The zero-order chi connectivity index (χ0) is 11.5. The third-order valence-electron chi connectivity index (χ3n) is 2.36. The highest BCUT2D eigenvalue weighted by molar-refractivity contribution is 5.66. The van der Waals surface area contributed by atoms with E-state index >= 15 is 0 Å². The van der Waals surface area contributed by atoms with Gasteiger partial charge in [0.15, 0.2) is 11.6 Å². The van der Waals surface area contributed by atoms with E-state index in [1.54, 1.807) is 30.3 Å². The molecule has 3 heteroatoms. The Morgan fingerprint density at radius 3 is 2.38 bits per heavy atom. The fourth-order valence-electron chi connectivity index (χ4n) is 1.53. The summed E-state index contributed by atoms with van der Waals surface area (Å²) < 4.78 is 18.8. The smallest absolute Gasteiger partial charge is 0.172 e. The van der Waals surface area contributed by atoms with Gasteiger partial charge in [0.2, 0.25) is 0 Å². The van der Waals surface area contributed by atoms with Crippen molar-refractivity contribution in [2.75, 3.05) is 7.11 Å². The Kier molecular flexibility index (Phi) is 2.77. The van der Waals surface area contributed by atoms with Crippen LogP contribution in [0.15, 0.2) is 42.5 Å². The second kappa shape index (κ2) is 4.23.